The lowest BCUT2D eigenvalue weighted by molar-refractivity contribution is -0.117. The molecule has 0 radical (unpaired) electrons. The van der Waals surface area contributed by atoms with Crippen molar-refractivity contribution < 1.29 is 4.79 Å². The molecule has 1 aromatic heterocycles. The highest BCUT2D eigenvalue weighted by Crippen LogP contribution is 2.27. The lowest BCUT2D eigenvalue weighted by atomic mass is 10.5. The number of thiophene rings is 1. The Labute approximate surface area is 96.2 Å². The predicted octanol–water partition coefficient (Wildman–Crippen LogP) is 2.08. The molecule has 3 nitrogen and oxygen atoms in total. The van der Waals surface area contributed by atoms with Gasteiger partial charge in [0.25, 0.3) is 0 Å². The Kier molecular flexibility index (Phi) is 4.57. The first-order valence-electron chi connectivity index (χ1n) is 4.36. The highest BCUT2D eigenvalue weighted by Gasteiger charge is 2.11. The van der Waals surface area contributed by atoms with Gasteiger partial charge in [0.15, 0.2) is 0 Å². The molecule has 0 atom stereocenters. The van der Waals surface area contributed by atoms with Crippen LogP contribution in [0.5, 0.6) is 0 Å². The van der Waals surface area contributed by atoms with Crippen molar-refractivity contribution in [2.75, 3.05) is 25.0 Å². The number of amides is 1. The fourth-order valence-electron chi connectivity index (χ4n) is 0.952. The molecule has 0 fully saturated rings. The van der Waals surface area contributed by atoms with Crippen LogP contribution in [0, 0.1) is 0 Å². The lowest BCUT2D eigenvalue weighted by Gasteiger charge is -2.14. The molecule has 0 bridgehead atoms. The molecule has 1 rings (SSSR count). The Bertz CT molecular complexity index is 314. The number of carbonyl (C=O) groups is 1. The zero-order chi connectivity index (χ0) is 10.6. The van der Waals surface area contributed by atoms with Crippen molar-refractivity contribution >= 4 is 38.2 Å². The smallest absolute Gasteiger partial charge is 0.241 e. The lowest BCUT2D eigenvalue weighted by Crippen LogP contribution is -2.34. The molecule has 0 unspecified atom stereocenters. The van der Waals surface area contributed by atoms with E-state index in [1.807, 2.05) is 18.4 Å². The zero-order valence-electron chi connectivity index (χ0n) is 8.21. The molecule has 78 valence electrons. The minimum Gasteiger partial charge on any atom is -0.309 e. The van der Waals surface area contributed by atoms with Gasteiger partial charge in [-0.05, 0) is 28.5 Å². The van der Waals surface area contributed by atoms with Crippen LogP contribution >= 0.6 is 27.3 Å². The molecule has 0 saturated heterocycles. The van der Waals surface area contributed by atoms with Crippen molar-refractivity contribution in [3.05, 3.63) is 15.9 Å². The first kappa shape index (κ1) is 11.7. The predicted molar refractivity (Wildman–Crippen MR) is 64.0 cm³/mol. The summed E-state index contributed by atoms with van der Waals surface area (Å²) in [5, 5.41) is 5.93. The quantitative estimate of drug-likeness (QED) is 0.914. The van der Waals surface area contributed by atoms with E-state index < -0.39 is 0 Å². The maximum Gasteiger partial charge on any atom is 0.241 e. The Balaban J connectivity index is 2.56. The maximum atomic E-state index is 11.6. The van der Waals surface area contributed by atoms with Crippen LogP contribution in [0.3, 0.4) is 0 Å². The highest BCUT2D eigenvalue weighted by atomic mass is 79.9. The molecule has 0 aromatic carbocycles. The topological polar surface area (TPSA) is 32.3 Å². The molecular formula is C9H13BrN2OS. The summed E-state index contributed by atoms with van der Waals surface area (Å²) in [4.78, 5) is 13.2. The van der Waals surface area contributed by atoms with E-state index in [-0.39, 0.29) is 5.91 Å². The Morgan fingerprint density at radius 1 is 1.71 bits per heavy atom. The standard InChI is InChI=1S/C9H13BrN2OS/c1-3-11-5-8(13)12(2)9-4-7(10)6-14-9/h4,6,11H,3,5H2,1-2H3. The first-order valence-corrected chi connectivity index (χ1v) is 6.03. The minimum atomic E-state index is 0.0844. The van der Waals surface area contributed by atoms with Crippen molar-refractivity contribution in [1.29, 1.82) is 0 Å². The van der Waals surface area contributed by atoms with Gasteiger partial charge in [-0.15, -0.1) is 11.3 Å². The number of likely N-dealkylation sites (N-methyl/N-ethyl adjacent to an activating group) is 2. The molecule has 0 spiro atoms. The van der Waals surface area contributed by atoms with E-state index in [9.17, 15) is 4.79 Å². The third-order valence-electron chi connectivity index (χ3n) is 1.78. The van der Waals surface area contributed by atoms with Crippen molar-refractivity contribution in [2.24, 2.45) is 0 Å². The van der Waals surface area contributed by atoms with Gasteiger partial charge >= 0.3 is 0 Å². The second kappa shape index (κ2) is 5.48. The average Bonchev–Trinajstić information content (AvgIpc) is 2.60. The number of hydrogen-bond donors (Lipinski definition) is 1. The van der Waals surface area contributed by atoms with Gasteiger partial charge < -0.3 is 10.2 Å². The monoisotopic (exact) mass is 276 g/mol. The molecule has 1 aromatic rings. The van der Waals surface area contributed by atoms with E-state index in [0.29, 0.717) is 6.54 Å². The summed E-state index contributed by atoms with van der Waals surface area (Å²) in [6, 6.07) is 1.94. The van der Waals surface area contributed by atoms with Crippen molar-refractivity contribution in [3.8, 4) is 0 Å². The molecule has 0 aliphatic heterocycles. The van der Waals surface area contributed by atoms with Gasteiger partial charge in [-0.1, -0.05) is 6.92 Å². The Hall–Kier alpha value is -0.390. The molecule has 14 heavy (non-hydrogen) atoms. The van der Waals surface area contributed by atoms with Crippen LogP contribution in [0.1, 0.15) is 6.92 Å². The van der Waals surface area contributed by atoms with E-state index in [1.54, 1.807) is 23.3 Å². The Morgan fingerprint density at radius 3 is 2.93 bits per heavy atom. The first-order chi connectivity index (χ1) is 6.65. The second-order valence-electron chi connectivity index (χ2n) is 2.84. The molecule has 0 aliphatic carbocycles. The minimum absolute atomic E-state index is 0.0844. The van der Waals surface area contributed by atoms with Gasteiger partial charge in [0, 0.05) is 16.9 Å². The summed E-state index contributed by atoms with van der Waals surface area (Å²) in [6.07, 6.45) is 0. The number of rotatable bonds is 4. The molecule has 5 heteroatoms. The number of halogens is 1. The number of nitrogens with zero attached hydrogens (tertiary/aromatic N) is 1. The third-order valence-corrected chi connectivity index (χ3v) is 3.55. The van der Waals surface area contributed by atoms with E-state index in [1.165, 1.54) is 0 Å². The summed E-state index contributed by atoms with van der Waals surface area (Å²) >= 11 is 4.91. The maximum absolute atomic E-state index is 11.6. The van der Waals surface area contributed by atoms with Crippen LogP contribution in [-0.2, 0) is 4.79 Å². The fourth-order valence-corrected chi connectivity index (χ4v) is 2.36. The fraction of sp³-hybridized carbons (Fsp3) is 0.444. The molecule has 1 heterocycles. The largest absolute Gasteiger partial charge is 0.309 e. The SMILES string of the molecule is CCNCC(=O)N(C)c1cc(Br)cs1. The van der Waals surface area contributed by atoms with Crippen LogP contribution in [0.4, 0.5) is 5.00 Å². The molecule has 0 aliphatic rings. The van der Waals surface area contributed by atoms with Crippen molar-refractivity contribution in [2.45, 2.75) is 6.92 Å². The summed E-state index contributed by atoms with van der Waals surface area (Å²) < 4.78 is 1.01. The summed E-state index contributed by atoms with van der Waals surface area (Å²) in [5.41, 5.74) is 0. The number of nitrogens with one attached hydrogen (secondary N) is 1. The van der Waals surface area contributed by atoms with Crippen LogP contribution in [0.15, 0.2) is 15.9 Å². The van der Waals surface area contributed by atoms with Crippen LogP contribution < -0.4 is 10.2 Å². The number of hydrogen-bond acceptors (Lipinski definition) is 3. The van der Waals surface area contributed by atoms with E-state index >= 15 is 0 Å². The van der Waals surface area contributed by atoms with Crippen LogP contribution in [0.2, 0.25) is 0 Å². The molecule has 0 saturated carbocycles. The normalized spacial score (nSPS) is 10.2. The van der Waals surface area contributed by atoms with Gasteiger partial charge in [0.1, 0.15) is 0 Å². The van der Waals surface area contributed by atoms with Gasteiger partial charge in [-0.3, -0.25) is 4.79 Å². The van der Waals surface area contributed by atoms with E-state index in [2.05, 4.69) is 21.2 Å². The van der Waals surface area contributed by atoms with Gasteiger partial charge in [-0.25, -0.2) is 0 Å². The molecule has 1 amide bonds. The van der Waals surface area contributed by atoms with Crippen molar-refractivity contribution in [3.63, 3.8) is 0 Å². The number of anilines is 1. The average molecular weight is 277 g/mol. The van der Waals surface area contributed by atoms with Gasteiger partial charge in [-0.2, -0.15) is 0 Å². The van der Waals surface area contributed by atoms with Crippen molar-refractivity contribution in [1.82, 2.24) is 5.32 Å². The highest BCUT2D eigenvalue weighted by molar-refractivity contribution is 9.10. The van der Waals surface area contributed by atoms with Gasteiger partial charge in [0.05, 0.1) is 11.5 Å². The zero-order valence-corrected chi connectivity index (χ0v) is 10.6. The summed E-state index contributed by atoms with van der Waals surface area (Å²) in [6.45, 7) is 3.19. The van der Waals surface area contributed by atoms with E-state index in [0.717, 1.165) is 16.0 Å². The Morgan fingerprint density at radius 2 is 2.43 bits per heavy atom. The van der Waals surface area contributed by atoms with Crippen LogP contribution in [-0.4, -0.2) is 26.0 Å². The van der Waals surface area contributed by atoms with E-state index in [4.69, 9.17) is 0 Å². The third kappa shape index (κ3) is 3.08. The number of carbonyl (C=O) groups excluding carboxylic acids is 1. The summed E-state index contributed by atoms with van der Waals surface area (Å²) in [7, 11) is 1.79. The molecule has 1 N–H and O–H groups in total. The van der Waals surface area contributed by atoms with Crippen LogP contribution in [0.25, 0.3) is 0 Å². The second-order valence-corrected chi connectivity index (χ2v) is 4.64. The van der Waals surface area contributed by atoms with Gasteiger partial charge in [0.2, 0.25) is 5.91 Å². The molecular weight excluding hydrogens is 264 g/mol. The summed E-state index contributed by atoms with van der Waals surface area (Å²) in [5.74, 6) is 0.0844.